The van der Waals surface area contributed by atoms with Crippen LogP contribution in [-0.2, 0) is 0 Å². The number of hydrogen-bond acceptors (Lipinski definition) is 5. The number of aromatic carboxylic acids is 1. The lowest BCUT2D eigenvalue weighted by molar-refractivity contribution is 0.0572. The van der Waals surface area contributed by atoms with Crippen LogP contribution in [0, 0.1) is 0 Å². The Morgan fingerprint density at radius 2 is 1.88 bits per heavy atom. The lowest BCUT2D eigenvalue weighted by Crippen LogP contribution is -2.22. The molecule has 0 amide bonds. The Hall–Kier alpha value is -1.79. The van der Waals surface area contributed by atoms with Crippen molar-refractivity contribution in [2.24, 2.45) is 0 Å². The van der Waals surface area contributed by atoms with Gasteiger partial charge in [0, 0.05) is 13.1 Å². The van der Waals surface area contributed by atoms with Gasteiger partial charge in [0.1, 0.15) is 0 Å². The second kappa shape index (κ2) is 4.23. The molecule has 2 unspecified atom stereocenters. The third-order valence-electron chi connectivity index (χ3n) is 2.88. The molecule has 1 fully saturated rings. The van der Waals surface area contributed by atoms with E-state index < -0.39 is 18.2 Å². The summed E-state index contributed by atoms with van der Waals surface area (Å²) in [5.41, 5.74) is 6.85. The summed E-state index contributed by atoms with van der Waals surface area (Å²) in [5.74, 6) is -1.04. The number of nitrogens with two attached hydrogens (primary N) is 1. The van der Waals surface area contributed by atoms with Crippen molar-refractivity contribution in [1.82, 2.24) is 0 Å². The van der Waals surface area contributed by atoms with Crippen LogP contribution in [-0.4, -0.2) is 46.6 Å². The first kappa shape index (κ1) is 11.7. The molecule has 1 aromatic carbocycles. The van der Waals surface area contributed by atoms with Gasteiger partial charge >= 0.3 is 5.97 Å². The Morgan fingerprint density at radius 3 is 2.41 bits per heavy atom. The number of β-amino-alcohol motifs (C(OH)–C–C–N with tert-alkyl or cyclic N) is 2. The Bertz CT molecular complexity index is 439. The highest BCUT2D eigenvalue weighted by atomic mass is 16.4. The van der Waals surface area contributed by atoms with Crippen LogP contribution >= 0.6 is 0 Å². The normalized spacial score (nSPS) is 24.0. The van der Waals surface area contributed by atoms with Gasteiger partial charge in [0.25, 0.3) is 0 Å². The zero-order valence-electron chi connectivity index (χ0n) is 9.08. The molecule has 0 bridgehead atoms. The van der Waals surface area contributed by atoms with E-state index in [2.05, 4.69) is 0 Å². The van der Waals surface area contributed by atoms with E-state index in [9.17, 15) is 15.0 Å². The van der Waals surface area contributed by atoms with Crippen molar-refractivity contribution >= 4 is 17.3 Å². The minimum absolute atomic E-state index is 0.130. The first-order chi connectivity index (χ1) is 7.99. The van der Waals surface area contributed by atoms with Crippen LogP contribution < -0.4 is 10.6 Å². The quantitative estimate of drug-likeness (QED) is 0.518. The number of hydrogen-bond donors (Lipinski definition) is 4. The maximum atomic E-state index is 10.8. The molecular weight excluding hydrogens is 224 g/mol. The molecule has 6 nitrogen and oxygen atoms in total. The molecule has 1 heterocycles. The molecule has 6 heteroatoms. The highest BCUT2D eigenvalue weighted by Crippen LogP contribution is 2.28. The number of aliphatic hydroxyl groups excluding tert-OH is 2. The van der Waals surface area contributed by atoms with Crippen molar-refractivity contribution in [3.63, 3.8) is 0 Å². The number of nitrogens with zero attached hydrogens (tertiary/aromatic N) is 1. The van der Waals surface area contributed by atoms with E-state index in [-0.39, 0.29) is 18.7 Å². The van der Waals surface area contributed by atoms with E-state index in [0.29, 0.717) is 11.4 Å². The lowest BCUT2D eigenvalue weighted by atomic mass is 10.1. The molecule has 0 spiro atoms. The van der Waals surface area contributed by atoms with E-state index >= 15 is 0 Å². The summed E-state index contributed by atoms with van der Waals surface area (Å²) in [6.07, 6.45) is -1.66. The van der Waals surface area contributed by atoms with Gasteiger partial charge in [0.2, 0.25) is 0 Å². The molecule has 1 aliphatic rings. The summed E-state index contributed by atoms with van der Waals surface area (Å²) in [6, 6.07) is 4.38. The third-order valence-corrected chi connectivity index (χ3v) is 2.88. The monoisotopic (exact) mass is 238 g/mol. The van der Waals surface area contributed by atoms with Gasteiger partial charge in [-0.1, -0.05) is 0 Å². The van der Waals surface area contributed by atoms with Gasteiger partial charge in [-0.05, 0) is 18.2 Å². The largest absolute Gasteiger partial charge is 0.478 e. The van der Waals surface area contributed by atoms with Crippen LogP contribution in [0.1, 0.15) is 10.4 Å². The molecule has 1 aromatic rings. The fraction of sp³-hybridized carbons (Fsp3) is 0.364. The number of carboxylic acid groups (broad SMARTS) is 1. The van der Waals surface area contributed by atoms with E-state index in [1.165, 1.54) is 18.2 Å². The summed E-state index contributed by atoms with van der Waals surface area (Å²) >= 11 is 0. The van der Waals surface area contributed by atoms with Crippen LogP contribution in [0.15, 0.2) is 18.2 Å². The fourth-order valence-corrected chi connectivity index (χ4v) is 1.92. The molecule has 2 rings (SSSR count). The van der Waals surface area contributed by atoms with Gasteiger partial charge < -0.3 is 26.0 Å². The number of carboxylic acids is 1. The molecule has 1 saturated heterocycles. The Morgan fingerprint density at radius 1 is 1.29 bits per heavy atom. The first-order valence-electron chi connectivity index (χ1n) is 5.23. The number of benzene rings is 1. The molecule has 0 aliphatic carbocycles. The molecule has 0 radical (unpaired) electrons. The predicted octanol–water partition coefficient (Wildman–Crippen LogP) is -0.491. The molecule has 5 N–H and O–H groups in total. The highest BCUT2D eigenvalue weighted by molar-refractivity contribution is 5.90. The van der Waals surface area contributed by atoms with E-state index in [4.69, 9.17) is 10.8 Å². The maximum absolute atomic E-state index is 10.8. The molecule has 17 heavy (non-hydrogen) atoms. The van der Waals surface area contributed by atoms with Gasteiger partial charge in [-0.15, -0.1) is 0 Å². The summed E-state index contributed by atoms with van der Waals surface area (Å²) in [4.78, 5) is 12.5. The van der Waals surface area contributed by atoms with Crippen LogP contribution in [0.25, 0.3) is 0 Å². The van der Waals surface area contributed by atoms with Gasteiger partial charge in [-0.2, -0.15) is 0 Å². The van der Waals surface area contributed by atoms with Crippen LogP contribution in [0.2, 0.25) is 0 Å². The van der Waals surface area contributed by atoms with Crippen molar-refractivity contribution in [1.29, 1.82) is 0 Å². The second-order valence-corrected chi connectivity index (χ2v) is 4.12. The van der Waals surface area contributed by atoms with Crippen molar-refractivity contribution < 1.29 is 20.1 Å². The zero-order valence-corrected chi connectivity index (χ0v) is 9.08. The van der Waals surface area contributed by atoms with Crippen molar-refractivity contribution in [3.05, 3.63) is 23.8 Å². The number of nitrogen functional groups attached to an aromatic ring is 1. The Labute approximate surface area is 97.9 Å². The number of carbonyl (C=O) groups is 1. The summed E-state index contributed by atoms with van der Waals surface area (Å²) in [5, 5.41) is 27.8. The van der Waals surface area contributed by atoms with Gasteiger partial charge in [0.05, 0.1) is 29.1 Å². The number of anilines is 2. The molecule has 0 aromatic heterocycles. The molecule has 92 valence electrons. The average molecular weight is 238 g/mol. The maximum Gasteiger partial charge on any atom is 0.335 e. The topological polar surface area (TPSA) is 107 Å². The van der Waals surface area contributed by atoms with E-state index in [0.717, 1.165) is 0 Å². The third kappa shape index (κ3) is 2.17. The Balaban J connectivity index is 2.32. The lowest BCUT2D eigenvalue weighted by Gasteiger charge is -2.20. The summed E-state index contributed by atoms with van der Waals surface area (Å²) in [6.45, 7) is 0.489. The van der Waals surface area contributed by atoms with Crippen molar-refractivity contribution in [2.45, 2.75) is 12.2 Å². The second-order valence-electron chi connectivity index (χ2n) is 4.12. The zero-order chi connectivity index (χ0) is 12.6. The Kier molecular flexibility index (Phi) is 2.91. The minimum Gasteiger partial charge on any atom is -0.478 e. The first-order valence-corrected chi connectivity index (χ1v) is 5.23. The number of aliphatic hydroxyl groups is 2. The highest BCUT2D eigenvalue weighted by Gasteiger charge is 2.30. The smallest absolute Gasteiger partial charge is 0.335 e. The van der Waals surface area contributed by atoms with E-state index in [1.54, 1.807) is 4.90 Å². The van der Waals surface area contributed by atoms with Crippen LogP contribution in [0.3, 0.4) is 0 Å². The van der Waals surface area contributed by atoms with Crippen LogP contribution in [0.5, 0.6) is 0 Å². The fourth-order valence-electron chi connectivity index (χ4n) is 1.92. The summed E-state index contributed by atoms with van der Waals surface area (Å²) < 4.78 is 0. The SMILES string of the molecule is Nc1ccc(C(=O)O)cc1N1CC(O)C(O)C1. The van der Waals surface area contributed by atoms with Gasteiger partial charge in [-0.25, -0.2) is 4.79 Å². The molecule has 2 atom stereocenters. The molecular formula is C11H14N2O4. The molecule has 1 aliphatic heterocycles. The van der Waals surface area contributed by atoms with E-state index in [1.807, 2.05) is 0 Å². The number of rotatable bonds is 2. The van der Waals surface area contributed by atoms with Gasteiger partial charge in [-0.3, -0.25) is 0 Å². The minimum atomic E-state index is -1.04. The average Bonchev–Trinajstić information content (AvgIpc) is 2.59. The van der Waals surface area contributed by atoms with Crippen molar-refractivity contribution in [3.8, 4) is 0 Å². The molecule has 0 saturated carbocycles. The van der Waals surface area contributed by atoms with Crippen molar-refractivity contribution in [2.75, 3.05) is 23.7 Å². The standard InChI is InChI=1S/C11H14N2O4/c12-7-2-1-6(11(16)17)3-8(7)13-4-9(14)10(15)5-13/h1-3,9-10,14-15H,4-5,12H2,(H,16,17). The van der Waals surface area contributed by atoms with Gasteiger partial charge in [0.15, 0.2) is 0 Å². The summed E-state index contributed by atoms with van der Waals surface area (Å²) in [7, 11) is 0. The van der Waals surface area contributed by atoms with Crippen LogP contribution in [0.4, 0.5) is 11.4 Å². The predicted molar refractivity (Wildman–Crippen MR) is 62.0 cm³/mol.